The Kier molecular flexibility index (Phi) is 3.57. The molecule has 0 aliphatic rings. The van der Waals surface area contributed by atoms with Gasteiger partial charge in [-0.05, 0) is 18.4 Å². The first-order valence-electron chi connectivity index (χ1n) is 5.39. The highest BCUT2D eigenvalue weighted by atomic mass is 32.1. The molecule has 0 fully saturated rings. The number of hydrogen-bond acceptors (Lipinski definition) is 4. The molecule has 2 aromatic heterocycles. The highest BCUT2D eigenvalue weighted by Gasteiger charge is 2.12. The topological polar surface area (TPSA) is 83.0 Å². The standard InChI is InChI=1S/C12H12N2O3S/c1-7-9(6-11(15)16)12(17)14-10(13-7)5-8-3-2-4-18-8/h2-4H,5-6H2,1H3,(H,15,16)(H,13,14,17). The second-order valence-corrected chi connectivity index (χ2v) is 4.94. The number of carboxylic acid groups (broad SMARTS) is 1. The van der Waals surface area contributed by atoms with Gasteiger partial charge in [-0.2, -0.15) is 0 Å². The Hall–Kier alpha value is -1.95. The third-order valence-corrected chi connectivity index (χ3v) is 3.40. The van der Waals surface area contributed by atoms with E-state index in [1.165, 1.54) is 0 Å². The van der Waals surface area contributed by atoms with Gasteiger partial charge in [0.15, 0.2) is 0 Å². The van der Waals surface area contributed by atoms with Gasteiger partial charge in [-0.15, -0.1) is 11.3 Å². The first-order chi connectivity index (χ1) is 8.56. The van der Waals surface area contributed by atoms with E-state index in [9.17, 15) is 9.59 Å². The van der Waals surface area contributed by atoms with Gasteiger partial charge in [0.25, 0.3) is 5.56 Å². The van der Waals surface area contributed by atoms with Crippen molar-refractivity contribution in [3.8, 4) is 0 Å². The van der Waals surface area contributed by atoms with E-state index >= 15 is 0 Å². The molecular formula is C12H12N2O3S. The average Bonchev–Trinajstić information content (AvgIpc) is 2.76. The lowest BCUT2D eigenvalue weighted by molar-refractivity contribution is -0.136. The number of carboxylic acids is 1. The molecule has 2 heterocycles. The Morgan fingerprint density at radius 3 is 2.89 bits per heavy atom. The van der Waals surface area contributed by atoms with E-state index in [2.05, 4.69) is 9.97 Å². The molecule has 0 unspecified atom stereocenters. The van der Waals surface area contributed by atoms with Gasteiger partial charge in [-0.3, -0.25) is 9.59 Å². The zero-order valence-corrected chi connectivity index (χ0v) is 10.6. The Morgan fingerprint density at radius 1 is 1.56 bits per heavy atom. The summed E-state index contributed by atoms with van der Waals surface area (Å²) in [6.07, 6.45) is 0.258. The number of aryl methyl sites for hydroxylation is 1. The predicted octanol–water partition coefficient (Wildman–Crippen LogP) is 1.36. The SMILES string of the molecule is Cc1nc(Cc2cccs2)[nH]c(=O)c1CC(=O)O. The smallest absolute Gasteiger partial charge is 0.308 e. The van der Waals surface area contributed by atoms with Gasteiger partial charge in [0, 0.05) is 22.6 Å². The van der Waals surface area contributed by atoms with Gasteiger partial charge in [-0.1, -0.05) is 6.07 Å². The number of aromatic nitrogens is 2. The van der Waals surface area contributed by atoms with Gasteiger partial charge in [0.2, 0.25) is 0 Å². The lowest BCUT2D eigenvalue weighted by Gasteiger charge is -2.04. The maximum atomic E-state index is 11.8. The predicted molar refractivity (Wildman–Crippen MR) is 68.1 cm³/mol. The second kappa shape index (κ2) is 5.14. The number of aliphatic carboxylic acids is 1. The summed E-state index contributed by atoms with van der Waals surface area (Å²) in [7, 11) is 0. The number of H-pyrrole nitrogens is 1. The van der Waals surface area contributed by atoms with Crippen molar-refractivity contribution in [3.05, 3.63) is 49.8 Å². The van der Waals surface area contributed by atoms with Crippen molar-refractivity contribution >= 4 is 17.3 Å². The first-order valence-corrected chi connectivity index (χ1v) is 6.27. The number of nitrogens with one attached hydrogen (secondary N) is 1. The Labute approximate surface area is 107 Å². The zero-order valence-electron chi connectivity index (χ0n) is 9.77. The van der Waals surface area contributed by atoms with Crippen molar-refractivity contribution in [1.82, 2.24) is 9.97 Å². The molecule has 0 saturated heterocycles. The van der Waals surface area contributed by atoms with Crippen LogP contribution in [0.5, 0.6) is 0 Å². The molecule has 0 bridgehead atoms. The van der Waals surface area contributed by atoms with Gasteiger partial charge >= 0.3 is 5.97 Å². The van der Waals surface area contributed by atoms with Crippen LogP contribution in [0.15, 0.2) is 22.3 Å². The van der Waals surface area contributed by atoms with Crippen LogP contribution >= 0.6 is 11.3 Å². The van der Waals surface area contributed by atoms with Crippen molar-refractivity contribution in [2.24, 2.45) is 0 Å². The van der Waals surface area contributed by atoms with Gasteiger partial charge < -0.3 is 10.1 Å². The molecule has 0 aliphatic carbocycles. The Balaban J connectivity index is 2.30. The molecule has 94 valence electrons. The average molecular weight is 264 g/mol. The molecule has 2 N–H and O–H groups in total. The van der Waals surface area contributed by atoms with Crippen LogP contribution in [0.4, 0.5) is 0 Å². The first kappa shape index (κ1) is 12.5. The van der Waals surface area contributed by atoms with Crippen LogP contribution < -0.4 is 5.56 Å². The van der Waals surface area contributed by atoms with Crippen LogP contribution in [0, 0.1) is 6.92 Å². The van der Waals surface area contributed by atoms with E-state index in [-0.39, 0.29) is 17.5 Å². The molecule has 0 spiro atoms. The molecule has 0 aliphatic heterocycles. The summed E-state index contributed by atoms with van der Waals surface area (Å²) in [6.45, 7) is 1.66. The van der Waals surface area contributed by atoms with Crippen molar-refractivity contribution in [2.75, 3.05) is 0 Å². The summed E-state index contributed by atoms with van der Waals surface area (Å²) >= 11 is 1.59. The highest BCUT2D eigenvalue weighted by molar-refractivity contribution is 7.09. The van der Waals surface area contributed by atoms with Crippen LogP contribution in [0.3, 0.4) is 0 Å². The van der Waals surface area contributed by atoms with Crippen LogP contribution in [0.1, 0.15) is 22.0 Å². The summed E-state index contributed by atoms with van der Waals surface area (Å²) in [5.41, 5.74) is 0.335. The minimum Gasteiger partial charge on any atom is -0.481 e. The molecule has 0 saturated carbocycles. The Bertz CT molecular complexity index is 617. The van der Waals surface area contributed by atoms with Gasteiger partial charge in [-0.25, -0.2) is 4.98 Å². The van der Waals surface area contributed by atoms with Crippen LogP contribution in [0.2, 0.25) is 0 Å². The van der Waals surface area contributed by atoms with Gasteiger partial charge in [0.1, 0.15) is 5.82 Å². The van der Waals surface area contributed by atoms with Crippen LogP contribution in [-0.4, -0.2) is 21.0 Å². The number of hydrogen-bond donors (Lipinski definition) is 2. The van der Waals surface area contributed by atoms with Crippen molar-refractivity contribution in [3.63, 3.8) is 0 Å². The van der Waals surface area contributed by atoms with Crippen LogP contribution in [0.25, 0.3) is 0 Å². The lowest BCUT2D eigenvalue weighted by atomic mass is 10.1. The van der Waals surface area contributed by atoms with Crippen molar-refractivity contribution in [1.29, 1.82) is 0 Å². The number of aromatic amines is 1. The fraction of sp³-hybridized carbons (Fsp3) is 0.250. The maximum Gasteiger partial charge on any atom is 0.308 e. The van der Waals surface area contributed by atoms with E-state index in [1.807, 2.05) is 17.5 Å². The molecular weight excluding hydrogens is 252 g/mol. The van der Waals surface area contributed by atoms with E-state index in [4.69, 9.17) is 5.11 Å². The molecule has 0 aromatic carbocycles. The second-order valence-electron chi connectivity index (χ2n) is 3.90. The number of carbonyl (C=O) groups is 1. The van der Waals surface area contributed by atoms with E-state index < -0.39 is 5.97 Å². The summed E-state index contributed by atoms with van der Waals surface area (Å²) < 4.78 is 0. The molecule has 6 heteroatoms. The van der Waals surface area contributed by atoms with Crippen molar-refractivity contribution in [2.45, 2.75) is 19.8 Å². The van der Waals surface area contributed by atoms with E-state index in [1.54, 1.807) is 18.3 Å². The highest BCUT2D eigenvalue weighted by Crippen LogP contribution is 2.12. The molecule has 0 atom stereocenters. The third-order valence-electron chi connectivity index (χ3n) is 2.52. The molecule has 0 radical (unpaired) electrons. The quantitative estimate of drug-likeness (QED) is 0.873. The molecule has 2 rings (SSSR count). The monoisotopic (exact) mass is 264 g/mol. The van der Waals surface area contributed by atoms with E-state index in [0.29, 0.717) is 17.9 Å². The number of nitrogens with zero attached hydrogens (tertiary/aromatic N) is 1. The number of thiophene rings is 1. The molecule has 5 nitrogen and oxygen atoms in total. The summed E-state index contributed by atoms with van der Waals surface area (Å²) in [5, 5.41) is 10.7. The minimum absolute atomic E-state index is 0.220. The molecule has 18 heavy (non-hydrogen) atoms. The number of rotatable bonds is 4. The molecule has 0 amide bonds. The fourth-order valence-corrected chi connectivity index (χ4v) is 2.40. The normalized spacial score (nSPS) is 10.5. The minimum atomic E-state index is -1.03. The summed E-state index contributed by atoms with van der Waals surface area (Å²) in [6, 6.07) is 3.90. The molecule has 2 aromatic rings. The van der Waals surface area contributed by atoms with Gasteiger partial charge in [0.05, 0.1) is 6.42 Å². The van der Waals surface area contributed by atoms with E-state index in [0.717, 1.165) is 4.88 Å². The van der Waals surface area contributed by atoms with Crippen molar-refractivity contribution < 1.29 is 9.90 Å². The summed E-state index contributed by atoms with van der Waals surface area (Å²) in [4.78, 5) is 30.4. The third kappa shape index (κ3) is 2.84. The fourth-order valence-electron chi connectivity index (χ4n) is 1.69. The Morgan fingerprint density at radius 2 is 2.33 bits per heavy atom. The maximum absolute atomic E-state index is 11.8. The van der Waals surface area contributed by atoms with Crippen LogP contribution in [-0.2, 0) is 17.6 Å². The summed E-state index contributed by atoms with van der Waals surface area (Å²) in [5.74, 6) is -0.467. The largest absolute Gasteiger partial charge is 0.481 e. The zero-order chi connectivity index (χ0) is 13.1. The lowest BCUT2D eigenvalue weighted by Crippen LogP contribution is -2.21.